The molecule has 1 amide bonds. The van der Waals surface area contributed by atoms with Crippen molar-refractivity contribution in [1.29, 1.82) is 0 Å². The van der Waals surface area contributed by atoms with Crippen molar-refractivity contribution in [3.8, 4) is 0 Å². The molecule has 0 radical (unpaired) electrons. The minimum Gasteiger partial charge on any atom is -0.390 e. The third-order valence-corrected chi connectivity index (χ3v) is 7.46. The lowest BCUT2D eigenvalue weighted by molar-refractivity contribution is -0.394. The fourth-order valence-corrected chi connectivity index (χ4v) is 6.47. The maximum absolute atomic E-state index is 13.4. The molecule has 4 saturated carbocycles. The molecular formula is C19H20IN5O3. The lowest BCUT2D eigenvalue weighted by atomic mass is 9.46. The van der Waals surface area contributed by atoms with Crippen molar-refractivity contribution in [2.75, 3.05) is 5.32 Å². The molecule has 28 heavy (non-hydrogen) atoms. The van der Waals surface area contributed by atoms with E-state index >= 15 is 0 Å². The average molecular weight is 493 g/mol. The molecule has 0 saturated heterocycles. The van der Waals surface area contributed by atoms with Gasteiger partial charge in [0.25, 0.3) is 0 Å². The number of amides is 1. The van der Waals surface area contributed by atoms with Crippen molar-refractivity contribution in [1.82, 2.24) is 14.8 Å². The predicted molar refractivity (Wildman–Crippen MR) is 110 cm³/mol. The molecule has 0 spiro atoms. The van der Waals surface area contributed by atoms with E-state index in [1.807, 2.05) is 24.3 Å². The molecule has 1 N–H and O–H groups in total. The molecule has 1 aromatic carbocycles. The quantitative estimate of drug-likeness (QED) is 0.397. The van der Waals surface area contributed by atoms with Crippen molar-refractivity contribution < 1.29 is 9.72 Å². The van der Waals surface area contributed by atoms with Gasteiger partial charge in [-0.2, -0.15) is 4.68 Å². The summed E-state index contributed by atoms with van der Waals surface area (Å²) in [5.41, 5.74) is 0.0364. The third kappa shape index (κ3) is 2.82. The summed E-state index contributed by atoms with van der Waals surface area (Å²) in [6.45, 7) is 0. The summed E-state index contributed by atoms with van der Waals surface area (Å²) in [7, 11) is 0. The normalized spacial score (nSPS) is 33.0. The molecule has 4 atom stereocenters. The Morgan fingerprint density at radius 3 is 2.50 bits per heavy atom. The van der Waals surface area contributed by atoms with Crippen LogP contribution in [0.15, 0.2) is 30.6 Å². The third-order valence-electron chi connectivity index (χ3n) is 6.74. The zero-order valence-corrected chi connectivity index (χ0v) is 17.3. The molecule has 6 rings (SSSR count). The van der Waals surface area contributed by atoms with Crippen molar-refractivity contribution >= 4 is 40.1 Å². The van der Waals surface area contributed by atoms with E-state index in [9.17, 15) is 14.9 Å². The van der Waals surface area contributed by atoms with Gasteiger partial charge in [-0.1, -0.05) is 4.98 Å². The van der Waals surface area contributed by atoms with E-state index in [0.717, 1.165) is 41.4 Å². The zero-order chi connectivity index (χ0) is 19.5. The van der Waals surface area contributed by atoms with Crippen molar-refractivity contribution in [3.05, 3.63) is 44.3 Å². The van der Waals surface area contributed by atoms with Crippen LogP contribution in [0.3, 0.4) is 0 Å². The molecule has 9 heteroatoms. The summed E-state index contributed by atoms with van der Waals surface area (Å²) in [5, 5.41) is 18.3. The lowest BCUT2D eigenvalue weighted by Crippen LogP contribution is -2.60. The molecule has 4 bridgehead atoms. The van der Waals surface area contributed by atoms with Gasteiger partial charge < -0.3 is 15.4 Å². The van der Waals surface area contributed by atoms with E-state index < -0.39 is 10.3 Å². The number of benzene rings is 1. The Morgan fingerprint density at radius 1 is 1.21 bits per heavy atom. The number of halogens is 1. The first-order valence-corrected chi connectivity index (χ1v) is 10.6. The largest absolute Gasteiger partial charge is 0.490 e. The van der Waals surface area contributed by atoms with Gasteiger partial charge in [0.15, 0.2) is 0 Å². The Kier molecular flexibility index (Phi) is 4.01. The van der Waals surface area contributed by atoms with Gasteiger partial charge in [-0.15, -0.1) is 0 Å². The first-order valence-electron chi connectivity index (χ1n) is 9.51. The van der Waals surface area contributed by atoms with E-state index in [4.69, 9.17) is 0 Å². The van der Waals surface area contributed by atoms with Crippen LogP contribution in [0.1, 0.15) is 38.5 Å². The van der Waals surface area contributed by atoms with Crippen molar-refractivity contribution in [2.45, 2.75) is 44.1 Å². The summed E-state index contributed by atoms with van der Waals surface area (Å²) in [6.07, 6.45) is 6.90. The summed E-state index contributed by atoms with van der Waals surface area (Å²) in [5.74, 6) is 0.605. The number of nitrogens with one attached hydrogen (secondary N) is 1. The molecule has 2 aromatic rings. The van der Waals surface area contributed by atoms with Crippen LogP contribution in [0, 0.1) is 30.9 Å². The molecule has 4 aliphatic rings. The first-order chi connectivity index (χ1) is 13.4. The second-order valence-electron chi connectivity index (χ2n) is 8.67. The highest BCUT2D eigenvalue weighted by atomic mass is 127. The Morgan fingerprint density at radius 2 is 1.89 bits per heavy atom. The number of carbonyl (C=O) groups is 1. The maximum atomic E-state index is 13.4. The van der Waals surface area contributed by atoms with Crippen LogP contribution in [0.4, 0.5) is 11.6 Å². The first kappa shape index (κ1) is 18.0. The Bertz CT molecular complexity index is 943. The van der Waals surface area contributed by atoms with Gasteiger partial charge >= 0.3 is 5.95 Å². The average Bonchev–Trinajstić information content (AvgIpc) is 3.14. The van der Waals surface area contributed by atoms with Gasteiger partial charge in [-0.05, 0) is 102 Å². The summed E-state index contributed by atoms with van der Waals surface area (Å²) in [6, 6.07) is 7.81. The van der Waals surface area contributed by atoms with Crippen molar-refractivity contribution in [3.63, 3.8) is 0 Å². The molecule has 0 aliphatic heterocycles. The number of rotatable bonds is 4. The van der Waals surface area contributed by atoms with Gasteiger partial charge in [0.2, 0.25) is 12.2 Å². The van der Waals surface area contributed by atoms with Crippen LogP contribution in [0.25, 0.3) is 0 Å². The van der Waals surface area contributed by atoms with Gasteiger partial charge in [0.1, 0.15) is 0 Å². The molecule has 4 fully saturated rings. The van der Waals surface area contributed by atoms with Crippen LogP contribution in [-0.2, 0) is 10.3 Å². The van der Waals surface area contributed by atoms with Crippen LogP contribution in [0.2, 0.25) is 0 Å². The van der Waals surface area contributed by atoms with Gasteiger partial charge in [-0.3, -0.25) is 4.79 Å². The van der Waals surface area contributed by atoms with E-state index in [0.29, 0.717) is 18.3 Å². The van der Waals surface area contributed by atoms with E-state index in [2.05, 4.69) is 38.0 Å². The summed E-state index contributed by atoms with van der Waals surface area (Å²) >= 11 is 2.24. The Labute approximate surface area is 175 Å². The summed E-state index contributed by atoms with van der Waals surface area (Å²) < 4.78 is 2.81. The monoisotopic (exact) mass is 493 g/mol. The predicted octanol–water partition coefficient (Wildman–Crippen LogP) is 3.73. The highest BCUT2D eigenvalue weighted by Crippen LogP contribution is 2.64. The molecule has 4 aliphatic carbocycles. The number of nitrogens with zero attached hydrogens (tertiary/aromatic N) is 4. The summed E-state index contributed by atoms with van der Waals surface area (Å²) in [4.78, 5) is 27.7. The standard InChI is InChI=1S/C19H20IN5O3/c20-14-1-3-15(4-2-14)22-16(26)18-6-12-5-13(7-18)9-19(8-12,10-18)24-11-21-17(23-24)25(27)28/h1-4,11-13H,5-10H2,(H,22,26)/t12-,13+,18?,19?. The van der Waals surface area contributed by atoms with Crippen LogP contribution < -0.4 is 5.32 Å². The topological polar surface area (TPSA) is 103 Å². The van der Waals surface area contributed by atoms with E-state index in [1.54, 1.807) is 4.68 Å². The number of anilines is 1. The highest BCUT2D eigenvalue weighted by molar-refractivity contribution is 14.1. The Hall–Kier alpha value is -2.04. The van der Waals surface area contributed by atoms with Crippen molar-refractivity contribution in [2.24, 2.45) is 17.3 Å². The molecule has 146 valence electrons. The number of aromatic nitrogens is 3. The second-order valence-corrected chi connectivity index (χ2v) is 9.92. The van der Waals surface area contributed by atoms with Crippen LogP contribution >= 0.6 is 22.6 Å². The lowest BCUT2D eigenvalue weighted by Gasteiger charge is -2.60. The molecular weight excluding hydrogens is 473 g/mol. The minimum absolute atomic E-state index is 0.0711. The van der Waals surface area contributed by atoms with E-state index in [-0.39, 0.29) is 17.4 Å². The second kappa shape index (κ2) is 6.23. The fraction of sp³-hybridized carbons (Fsp3) is 0.526. The molecule has 8 nitrogen and oxygen atoms in total. The molecule has 1 heterocycles. The van der Waals surface area contributed by atoms with E-state index in [1.165, 1.54) is 6.33 Å². The zero-order valence-electron chi connectivity index (χ0n) is 15.2. The SMILES string of the molecule is O=C(Nc1ccc(I)cc1)C12C[C@H]3C[C@@H](C1)CC(n1cnc([N+](=O)[O-])n1)(C3)C2. The maximum Gasteiger partial charge on any atom is 0.490 e. The van der Waals surface area contributed by atoms with Gasteiger partial charge in [0.05, 0.1) is 11.0 Å². The number of hydrogen-bond donors (Lipinski definition) is 1. The number of carbonyl (C=O) groups excluding carboxylic acids is 1. The highest BCUT2D eigenvalue weighted by Gasteiger charge is 2.62. The van der Waals surface area contributed by atoms with Gasteiger partial charge in [0, 0.05) is 14.4 Å². The fourth-order valence-electron chi connectivity index (χ4n) is 6.11. The van der Waals surface area contributed by atoms with Gasteiger partial charge in [-0.25, -0.2) is 0 Å². The smallest absolute Gasteiger partial charge is 0.390 e. The molecule has 1 aromatic heterocycles. The van der Waals surface area contributed by atoms with Crippen LogP contribution in [0.5, 0.6) is 0 Å². The molecule has 2 unspecified atom stereocenters. The Balaban J connectivity index is 1.46. The van der Waals surface area contributed by atoms with Crippen LogP contribution in [-0.4, -0.2) is 25.6 Å². The minimum atomic E-state index is -0.559. The number of nitro groups is 1. The number of hydrogen-bond acceptors (Lipinski definition) is 5.